The van der Waals surface area contributed by atoms with Crippen LogP contribution in [0.1, 0.15) is 46.2 Å². The lowest BCUT2D eigenvalue weighted by Crippen LogP contribution is -2.27. The molecular formula is C59H42N4O. The predicted octanol–water partition coefficient (Wildman–Crippen LogP) is 14.7. The van der Waals surface area contributed by atoms with Crippen LogP contribution in [0, 0.1) is 12.3 Å². The van der Waals surface area contributed by atoms with Crippen molar-refractivity contribution in [1.29, 1.82) is 5.41 Å². The fourth-order valence-corrected chi connectivity index (χ4v) is 10.8. The zero-order valence-electron chi connectivity index (χ0n) is 35.3. The van der Waals surface area contributed by atoms with E-state index >= 15 is 0 Å². The molecule has 5 nitrogen and oxygen atoms in total. The summed E-state index contributed by atoms with van der Waals surface area (Å²) in [6.45, 7) is 6.09. The Labute approximate surface area is 371 Å². The first-order valence-corrected chi connectivity index (χ1v) is 21.9. The third-order valence-corrected chi connectivity index (χ3v) is 13.4. The Kier molecular flexibility index (Phi) is 8.66. The van der Waals surface area contributed by atoms with Gasteiger partial charge in [0.2, 0.25) is 5.96 Å². The molecule has 10 aromatic rings. The highest BCUT2D eigenvalue weighted by Crippen LogP contribution is 2.64. The maximum Gasteiger partial charge on any atom is 0.236 e. The fourth-order valence-electron chi connectivity index (χ4n) is 10.8. The van der Waals surface area contributed by atoms with Crippen LogP contribution in [-0.4, -0.2) is 23.1 Å². The molecule has 0 saturated heterocycles. The Hall–Kier alpha value is -8.15. The summed E-state index contributed by atoms with van der Waals surface area (Å²) in [7, 11) is 0. The number of benzene rings is 8. The van der Waals surface area contributed by atoms with Crippen LogP contribution in [0.25, 0.3) is 71.6 Å². The second kappa shape index (κ2) is 14.7. The van der Waals surface area contributed by atoms with Crippen molar-refractivity contribution in [3.05, 3.63) is 233 Å². The first kappa shape index (κ1) is 37.6. The van der Waals surface area contributed by atoms with Crippen LogP contribution in [0.15, 0.2) is 214 Å². The lowest BCUT2D eigenvalue weighted by molar-refractivity contribution is 0.669. The van der Waals surface area contributed by atoms with Gasteiger partial charge in [0.25, 0.3) is 0 Å². The minimum Gasteiger partial charge on any atom is -0.456 e. The number of aryl methyl sites for hydroxylation is 1. The highest BCUT2D eigenvalue weighted by molar-refractivity contribution is 6.21. The molecule has 3 aliphatic carbocycles. The monoisotopic (exact) mass is 822 g/mol. The molecule has 2 heterocycles. The minimum atomic E-state index is -0.404. The number of rotatable bonds is 2. The number of aliphatic imine (C=N–C) groups is 2. The Morgan fingerprint density at radius 2 is 1.31 bits per heavy atom. The first-order chi connectivity index (χ1) is 31.6. The first-order valence-electron chi connectivity index (χ1n) is 21.9. The van der Waals surface area contributed by atoms with E-state index in [1.807, 2.05) is 54.6 Å². The Bertz CT molecular complexity index is 3610. The molecule has 0 aliphatic heterocycles. The average Bonchev–Trinajstić information content (AvgIpc) is 4.07. The van der Waals surface area contributed by atoms with Crippen LogP contribution in [0.5, 0.6) is 0 Å². The van der Waals surface area contributed by atoms with Crippen LogP contribution >= 0.6 is 0 Å². The summed E-state index contributed by atoms with van der Waals surface area (Å²) >= 11 is 0. The van der Waals surface area contributed by atoms with Crippen molar-refractivity contribution in [3.63, 3.8) is 0 Å². The van der Waals surface area contributed by atoms with E-state index in [1.165, 1.54) is 55.5 Å². The average molecular weight is 823 g/mol. The van der Waals surface area contributed by atoms with E-state index in [-0.39, 0.29) is 5.84 Å². The molecule has 0 bridgehead atoms. The zero-order chi connectivity index (χ0) is 42.9. The minimum absolute atomic E-state index is 0.0793. The van der Waals surface area contributed by atoms with Gasteiger partial charge in [-0.25, -0.2) is 4.99 Å². The molecule has 0 radical (unpaired) electrons. The standard InChI is InChI=1S/C52H34N4O.C7H8/c1-54-51(55-50(53)32-26-27-38-46(30-32)57-45-25-13-20-33(47(38)45)31-14-3-2-4-15-31)56-43-24-12-8-19-37(43)49-44(56)29-28-42-48(49)36-18-7-11-23-41(36)52(42)39-21-9-5-16-34(39)35-17-6-10-22-40(35)52;1-7-5-3-2-4-6-7/h2-6,8-17,19-30,53H,1,7,18H2;2-6H,1H3. The molecule has 0 unspecified atom stereocenters. The normalized spacial score (nSPS) is 14.4. The molecule has 8 aromatic carbocycles. The van der Waals surface area contributed by atoms with Crippen LogP contribution in [0.3, 0.4) is 0 Å². The maximum absolute atomic E-state index is 9.31. The zero-order valence-corrected chi connectivity index (χ0v) is 35.3. The number of aromatic nitrogens is 1. The van der Waals surface area contributed by atoms with Crippen molar-refractivity contribution >= 4 is 67.8 Å². The van der Waals surface area contributed by atoms with E-state index in [0.29, 0.717) is 17.1 Å². The lowest BCUT2D eigenvalue weighted by atomic mass is 9.69. The highest BCUT2D eigenvalue weighted by atomic mass is 16.3. The molecule has 1 N–H and O–H groups in total. The van der Waals surface area contributed by atoms with Gasteiger partial charge in [0.05, 0.1) is 16.4 Å². The van der Waals surface area contributed by atoms with Crippen LogP contribution in [0.4, 0.5) is 0 Å². The number of para-hydroxylation sites is 1. The van der Waals surface area contributed by atoms with Gasteiger partial charge in [-0.2, -0.15) is 4.99 Å². The number of amidine groups is 1. The maximum atomic E-state index is 9.31. The third-order valence-electron chi connectivity index (χ3n) is 13.4. The Balaban J connectivity index is 0.000000568. The van der Waals surface area contributed by atoms with Crippen molar-refractivity contribution < 1.29 is 4.42 Å². The number of nitrogens with zero attached hydrogens (tertiary/aromatic N) is 3. The molecule has 2 aromatic heterocycles. The summed E-state index contributed by atoms with van der Waals surface area (Å²) in [6, 6.07) is 63.6. The molecule has 5 heteroatoms. The molecule has 1 spiro atoms. The van der Waals surface area contributed by atoms with Gasteiger partial charge in [-0.05, 0) is 112 Å². The van der Waals surface area contributed by atoms with Crippen molar-refractivity contribution in [2.75, 3.05) is 0 Å². The number of fused-ring (bicyclic) bond motifs is 16. The molecule has 0 fully saturated rings. The van der Waals surface area contributed by atoms with Crippen molar-refractivity contribution in [3.8, 4) is 22.3 Å². The molecule has 13 rings (SSSR count). The largest absolute Gasteiger partial charge is 0.456 e. The van der Waals surface area contributed by atoms with Gasteiger partial charge in [-0.15, -0.1) is 0 Å². The van der Waals surface area contributed by atoms with Gasteiger partial charge >= 0.3 is 0 Å². The van der Waals surface area contributed by atoms with Gasteiger partial charge in [-0.1, -0.05) is 169 Å². The second-order valence-corrected chi connectivity index (χ2v) is 16.8. The summed E-state index contributed by atoms with van der Waals surface area (Å²) in [5.74, 6) is 0.430. The van der Waals surface area contributed by atoms with Crippen molar-refractivity contribution in [1.82, 2.24) is 4.57 Å². The summed E-state index contributed by atoms with van der Waals surface area (Å²) < 4.78 is 8.48. The third kappa shape index (κ3) is 5.47. The van der Waals surface area contributed by atoms with E-state index in [0.717, 1.165) is 56.7 Å². The smallest absolute Gasteiger partial charge is 0.236 e. The predicted molar refractivity (Wildman–Crippen MR) is 266 cm³/mol. The molecule has 0 amide bonds. The number of nitrogens with one attached hydrogen (secondary N) is 1. The second-order valence-electron chi connectivity index (χ2n) is 16.8. The number of hydrogen-bond acceptors (Lipinski definition) is 2. The van der Waals surface area contributed by atoms with Gasteiger partial charge < -0.3 is 4.42 Å². The molecule has 0 saturated carbocycles. The van der Waals surface area contributed by atoms with Crippen LogP contribution in [0.2, 0.25) is 0 Å². The Morgan fingerprint density at radius 3 is 2.05 bits per heavy atom. The van der Waals surface area contributed by atoms with Crippen molar-refractivity contribution in [2.45, 2.75) is 25.2 Å². The molecule has 3 aliphatic rings. The SMILES string of the molecule is C=NC(=NC(=N)c1ccc2c(c1)oc1cccc(-c3ccccc3)c12)n1c2ccccc2c2c3c(ccc21)C1(C2=C3CCC=C2)c2ccccc2-c2ccccc21.Cc1ccccc1. The lowest BCUT2D eigenvalue weighted by Gasteiger charge is -2.32. The van der Waals surface area contributed by atoms with Crippen LogP contribution < -0.4 is 0 Å². The summed E-state index contributed by atoms with van der Waals surface area (Å²) in [5, 5.41) is 13.7. The van der Waals surface area contributed by atoms with Gasteiger partial charge in [-0.3, -0.25) is 9.98 Å². The molecule has 64 heavy (non-hydrogen) atoms. The number of allylic oxidation sites excluding steroid dienone is 4. The van der Waals surface area contributed by atoms with Gasteiger partial charge in [0, 0.05) is 27.1 Å². The van der Waals surface area contributed by atoms with E-state index in [9.17, 15) is 5.41 Å². The van der Waals surface area contributed by atoms with E-state index < -0.39 is 5.41 Å². The van der Waals surface area contributed by atoms with Gasteiger partial charge in [0.15, 0.2) is 5.84 Å². The Morgan fingerprint density at radius 1 is 0.625 bits per heavy atom. The molecule has 304 valence electrons. The fraction of sp³-hybridized carbons (Fsp3) is 0.0678. The van der Waals surface area contributed by atoms with Gasteiger partial charge in [0.1, 0.15) is 11.2 Å². The van der Waals surface area contributed by atoms with E-state index in [1.54, 1.807) is 0 Å². The number of hydrogen-bond donors (Lipinski definition) is 1. The summed E-state index contributed by atoms with van der Waals surface area (Å²) in [5.41, 5.74) is 18.0. The van der Waals surface area contributed by atoms with Crippen molar-refractivity contribution in [2.24, 2.45) is 9.98 Å². The summed E-state index contributed by atoms with van der Waals surface area (Å²) in [6.07, 6.45) is 6.70. The van der Waals surface area contributed by atoms with E-state index in [2.05, 4.69) is 163 Å². The molecular weight excluding hydrogens is 781 g/mol. The highest BCUT2D eigenvalue weighted by Gasteiger charge is 2.53. The quantitative estimate of drug-likeness (QED) is 0.137. The number of furan rings is 1. The van der Waals surface area contributed by atoms with E-state index in [4.69, 9.17) is 9.41 Å². The topological polar surface area (TPSA) is 66.6 Å². The molecule has 0 atom stereocenters. The van der Waals surface area contributed by atoms with Crippen LogP contribution in [-0.2, 0) is 5.41 Å². The summed E-state index contributed by atoms with van der Waals surface area (Å²) in [4.78, 5) is 9.43.